The van der Waals surface area contributed by atoms with Gasteiger partial charge < -0.3 is 7.43 Å². The van der Waals surface area contributed by atoms with Crippen molar-refractivity contribution in [2.45, 2.75) is 6.42 Å². The molecule has 7 rings (SSSR count). The van der Waals surface area contributed by atoms with Crippen molar-refractivity contribution in [3.05, 3.63) is 189 Å². The van der Waals surface area contributed by atoms with E-state index in [-0.39, 0.29) is 58.4 Å². The average Bonchev–Trinajstić information content (AvgIpc) is 3.75. The quantitative estimate of drug-likeness (QED) is 0.147. The molecule has 0 fully saturated rings. The third-order valence-electron chi connectivity index (χ3n) is 4.90. The van der Waals surface area contributed by atoms with Crippen molar-refractivity contribution in [3.63, 3.8) is 0 Å². The Morgan fingerprint density at radius 2 is 0.974 bits per heavy atom. The van der Waals surface area contributed by atoms with Crippen LogP contribution in [-0.2, 0) is 26.2 Å². The summed E-state index contributed by atoms with van der Waals surface area (Å²) < 4.78 is 0. The molecule has 0 aliphatic heterocycles. The van der Waals surface area contributed by atoms with Gasteiger partial charge in [0.25, 0.3) is 0 Å². The molecule has 1 aliphatic carbocycles. The fraction of sp³-hybridized carbons (Fsp3) is 0.0278. The Morgan fingerprint density at radius 1 is 0.538 bits per heavy atom. The van der Waals surface area contributed by atoms with E-state index in [1.165, 1.54) is 21.5 Å². The second kappa shape index (κ2) is 25.3. The largest absolute Gasteiger partial charge is 0.358 e. The summed E-state index contributed by atoms with van der Waals surface area (Å²) in [6.45, 7) is 0. The van der Waals surface area contributed by atoms with E-state index in [2.05, 4.69) is 109 Å². The van der Waals surface area contributed by atoms with E-state index >= 15 is 0 Å². The number of allylic oxidation sites excluding steroid dienone is 4. The predicted octanol–water partition coefficient (Wildman–Crippen LogP) is 10.7. The van der Waals surface area contributed by atoms with Crippen LogP contribution in [0.3, 0.4) is 0 Å². The van der Waals surface area contributed by atoms with Crippen molar-refractivity contribution in [1.82, 2.24) is 0 Å². The molecule has 0 bridgehead atoms. The summed E-state index contributed by atoms with van der Waals surface area (Å²) >= 11 is 0. The Balaban J connectivity index is 0. The van der Waals surface area contributed by atoms with Gasteiger partial charge in [-0.15, -0.1) is 90.5 Å². The molecule has 39 heavy (non-hydrogen) atoms. The molecule has 0 saturated heterocycles. The van der Waals surface area contributed by atoms with Crippen LogP contribution in [0, 0.1) is 25.6 Å². The Kier molecular flexibility index (Phi) is 24.8. The summed E-state index contributed by atoms with van der Waals surface area (Å²) in [5.74, 6) is 0. The number of hydrogen-bond donors (Lipinski definition) is 0. The monoisotopic (exact) mass is 626 g/mol. The number of hydrogen-bond acceptors (Lipinski definition) is 0. The number of rotatable bonds is 0. The van der Waals surface area contributed by atoms with Crippen molar-refractivity contribution in [2.24, 2.45) is 0 Å². The molecule has 3 heteroatoms. The predicted molar refractivity (Wildman–Crippen MR) is 172 cm³/mol. The maximum Gasteiger partial charge on any atom is 0 e. The molecule has 0 saturated carbocycles. The van der Waals surface area contributed by atoms with Gasteiger partial charge in [0.15, 0.2) is 0 Å². The standard InChI is InChI=1S/2C9H7.2C6H5.C5H5.CH3.2ClH.Zr/c2*1-2-5-9-7-3-6-8(9)4-1;2*1-2-4-6-5-3-1;1-2-4-5-3-1;;;;/h2*1-7H;2*1-5H;1-3H,4H2;1H3;2*1H;/q6*-1;;;. The van der Waals surface area contributed by atoms with E-state index in [0.29, 0.717) is 0 Å². The molecule has 0 amide bonds. The van der Waals surface area contributed by atoms with Crippen LogP contribution in [0.2, 0.25) is 0 Å². The molecule has 202 valence electrons. The van der Waals surface area contributed by atoms with Crippen LogP contribution in [0.25, 0.3) is 21.5 Å². The SMILES string of the molecule is Cl.Cl.[C-]1=CC=CC1.[CH3-].[Zr].[c-]1ccccc1.[c-]1ccccc1.c1ccc2[cH-]ccc2c1.c1ccc2[cH-]ccc2c1. The Bertz CT molecular complexity index is 1150. The third-order valence-corrected chi connectivity index (χ3v) is 4.90. The van der Waals surface area contributed by atoms with Gasteiger partial charge >= 0.3 is 0 Å². The molecule has 6 aromatic rings. The molecule has 0 spiro atoms. The van der Waals surface area contributed by atoms with E-state index in [4.69, 9.17) is 0 Å². The summed E-state index contributed by atoms with van der Waals surface area (Å²) in [5, 5.41) is 5.32. The number of benzene rings is 4. The molecule has 0 aromatic heterocycles. The first kappa shape index (κ1) is 38.2. The summed E-state index contributed by atoms with van der Waals surface area (Å²) in [5.41, 5.74) is 0. The molecule has 0 heterocycles. The van der Waals surface area contributed by atoms with Gasteiger partial charge in [0.05, 0.1) is 0 Å². The maximum absolute atomic E-state index is 2.99. The molecule has 1 aliphatic rings. The van der Waals surface area contributed by atoms with Crippen LogP contribution < -0.4 is 0 Å². The second-order valence-corrected chi connectivity index (χ2v) is 7.47. The Labute approximate surface area is 266 Å². The zero-order valence-electron chi connectivity index (χ0n) is 22.1. The third kappa shape index (κ3) is 16.6. The molecule has 0 N–H and O–H groups in total. The van der Waals surface area contributed by atoms with Gasteiger partial charge in [-0.3, -0.25) is 6.08 Å². The van der Waals surface area contributed by atoms with E-state index in [0.717, 1.165) is 6.42 Å². The second-order valence-electron chi connectivity index (χ2n) is 7.47. The normalized spacial score (nSPS) is 9.44. The number of fused-ring (bicyclic) bond motifs is 2. The minimum absolute atomic E-state index is 0. The van der Waals surface area contributed by atoms with E-state index < -0.39 is 0 Å². The van der Waals surface area contributed by atoms with Crippen molar-refractivity contribution in [3.8, 4) is 0 Å². The summed E-state index contributed by atoms with van der Waals surface area (Å²) in [4.78, 5) is 0. The molecule has 0 radical (unpaired) electrons. The van der Waals surface area contributed by atoms with Crippen molar-refractivity contribution in [1.29, 1.82) is 0 Å². The van der Waals surface area contributed by atoms with Crippen molar-refractivity contribution in [2.75, 3.05) is 0 Å². The van der Waals surface area contributed by atoms with E-state index in [1.54, 1.807) is 0 Å². The van der Waals surface area contributed by atoms with Gasteiger partial charge in [-0.1, -0.05) is 12.1 Å². The summed E-state index contributed by atoms with van der Waals surface area (Å²) in [6.07, 6.45) is 10.0. The minimum Gasteiger partial charge on any atom is -0.358 e. The van der Waals surface area contributed by atoms with Crippen LogP contribution in [0.15, 0.2) is 164 Å². The molecular formula is C36H34Cl2Zr-6. The maximum atomic E-state index is 2.99. The minimum atomic E-state index is 0. The molecule has 0 unspecified atom stereocenters. The zero-order chi connectivity index (χ0) is 24.2. The van der Waals surface area contributed by atoms with Crippen LogP contribution >= 0.6 is 24.8 Å². The fourth-order valence-electron chi connectivity index (χ4n) is 3.16. The van der Waals surface area contributed by atoms with Crippen molar-refractivity contribution >= 4 is 46.4 Å². The smallest absolute Gasteiger partial charge is 0 e. The van der Waals surface area contributed by atoms with Gasteiger partial charge in [0.1, 0.15) is 0 Å². The van der Waals surface area contributed by atoms with E-state index in [1.807, 2.05) is 72.8 Å². The van der Waals surface area contributed by atoms with Crippen LogP contribution in [0.1, 0.15) is 6.42 Å². The number of halogens is 2. The van der Waals surface area contributed by atoms with Gasteiger partial charge in [-0.2, -0.15) is 114 Å². The van der Waals surface area contributed by atoms with Crippen LogP contribution in [0.5, 0.6) is 0 Å². The van der Waals surface area contributed by atoms with E-state index in [9.17, 15) is 0 Å². The molecule has 6 aromatic carbocycles. The Morgan fingerprint density at radius 3 is 1.23 bits per heavy atom. The first-order chi connectivity index (χ1) is 17.4. The van der Waals surface area contributed by atoms with Gasteiger partial charge in [-0.05, 0) is 0 Å². The first-order valence-corrected chi connectivity index (χ1v) is 11.7. The topological polar surface area (TPSA) is 0 Å². The molecule has 0 nitrogen and oxygen atoms in total. The van der Waals surface area contributed by atoms with Gasteiger partial charge in [0.2, 0.25) is 0 Å². The summed E-state index contributed by atoms with van der Waals surface area (Å²) in [7, 11) is 0. The zero-order valence-corrected chi connectivity index (χ0v) is 26.2. The fourth-order valence-corrected chi connectivity index (χ4v) is 3.16. The van der Waals surface area contributed by atoms with Crippen LogP contribution in [0.4, 0.5) is 0 Å². The average molecular weight is 629 g/mol. The van der Waals surface area contributed by atoms with Crippen molar-refractivity contribution < 1.29 is 26.2 Å². The molecule has 0 atom stereocenters. The first-order valence-electron chi connectivity index (χ1n) is 11.7. The van der Waals surface area contributed by atoms with Crippen LogP contribution in [-0.4, -0.2) is 0 Å². The summed E-state index contributed by atoms with van der Waals surface area (Å²) in [6, 6.07) is 54.3. The van der Waals surface area contributed by atoms with Gasteiger partial charge in [0, 0.05) is 26.2 Å². The molecular weight excluding hydrogens is 595 g/mol. The van der Waals surface area contributed by atoms with Gasteiger partial charge in [-0.25, -0.2) is 12.2 Å². The Hall–Kier alpha value is -2.96.